The number of anilines is 1. The molecule has 0 radical (unpaired) electrons. The number of morpholine rings is 1. The second-order valence-electron chi connectivity index (χ2n) is 4.95. The first-order chi connectivity index (χ1) is 8.09. The molecule has 0 unspecified atom stereocenters. The van der Waals surface area contributed by atoms with Crippen molar-refractivity contribution in [3.8, 4) is 5.75 Å². The molecule has 1 saturated heterocycles. The van der Waals surface area contributed by atoms with Gasteiger partial charge in [0.1, 0.15) is 5.75 Å². The van der Waals surface area contributed by atoms with Gasteiger partial charge < -0.3 is 14.7 Å². The predicted molar refractivity (Wildman–Crippen MR) is 70.0 cm³/mol. The van der Waals surface area contributed by atoms with E-state index in [4.69, 9.17) is 4.74 Å². The molecule has 3 nitrogen and oxygen atoms in total. The quantitative estimate of drug-likeness (QED) is 0.855. The van der Waals surface area contributed by atoms with Crippen LogP contribution in [-0.2, 0) is 4.74 Å². The Morgan fingerprint density at radius 2 is 1.88 bits per heavy atom. The second-order valence-corrected chi connectivity index (χ2v) is 4.95. The zero-order chi connectivity index (χ0) is 12.4. The van der Waals surface area contributed by atoms with Gasteiger partial charge in [0.05, 0.1) is 13.2 Å². The van der Waals surface area contributed by atoms with E-state index >= 15 is 0 Å². The molecule has 0 spiro atoms. The molecule has 1 aliphatic rings. The van der Waals surface area contributed by atoms with E-state index in [0.29, 0.717) is 11.7 Å². The average Bonchev–Trinajstić information content (AvgIpc) is 2.29. The lowest BCUT2D eigenvalue weighted by atomic mass is 9.98. The van der Waals surface area contributed by atoms with Crippen LogP contribution in [0.25, 0.3) is 0 Å². The number of nitrogens with zero attached hydrogens (tertiary/aromatic N) is 1. The fourth-order valence-corrected chi connectivity index (χ4v) is 2.30. The number of aromatic hydroxyl groups is 1. The third-order valence-electron chi connectivity index (χ3n) is 3.32. The number of phenols is 1. The van der Waals surface area contributed by atoms with Crippen molar-refractivity contribution in [3.05, 3.63) is 23.3 Å². The molecule has 0 amide bonds. The average molecular weight is 235 g/mol. The number of aryl methyl sites for hydroxylation is 1. The molecule has 3 heteroatoms. The summed E-state index contributed by atoms with van der Waals surface area (Å²) >= 11 is 0. The summed E-state index contributed by atoms with van der Waals surface area (Å²) in [6, 6.07) is 4.00. The summed E-state index contributed by atoms with van der Waals surface area (Å²) in [6.45, 7) is 9.70. The van der Waals surface area contributed by atoms with Crippen LogP contribution in [0.5, 0.6) is 5.75 Å². The van der Waals surface area contributed by atoms with Crippen molar-refractivity contribution < 1.29 is 9.84 Å². The first-order valence-corrected chi connectivity index (χ1v) is 6.26. The van der Waals surface area contributed by atoms with E-state index in [2.05, 4.69) is 31.7 Å². The van der Waals surface area contributed by atoms with Gasteiger partial charge in [-0.1, -0.05) is 13.8 Å². The van der Waals surface area contributed by atoms with Crippen molar-refractivity contribution in [3.63, 3.8) is 0 Å². The minimum absolute atomic E-state index is 0.343. The summed E-state index contributed by atoms with van der Waals surface area (Å²) < 4.78 is 5.37. The molecule has 0 atom stereocenters. The van der Waals surface area contributed by atoms with E-state index in [1.54, 1.807) is 0 Å². The summed E-state index contributed by atoms with van der Waals surface area (Å²) in [5.41, 5.74) is 3.39. The van der Waals surface area contributed by atoms with E-state index in [9.17, 15) is 5.11 Å². The predicted octanol–water partition coefficient (Wildman–Crippen LogP) is 2.66. The van der Waals surface area contributed by atoms with Gasteiger partial charge in [-0.25, -0.2) is 0 Å². The normalized spacial score (nSPS) is 16.6. The Morgan fingerprint density at radius 1 is 1.24 bits per heavy atom. The number of benzene rings is 1. The lowest BCUT2D eigenvalue weighted by Crippen LogP contribution is -2.36. The number of phenolic OH excluding ortho intramolecular Hbond substituents is 1. The van der Waals surface area contributed by atoms with E-state index in [1.807, 2.05) is 6.07 Å². The smallest absolute Gasteiger partial charge is 0.119 e. The highest BCUT2D eigenvalue weighted by Gasteiger charge is 2.16. The van der Waals surface area contributed by atoms with Gasteiger partial charge in [-0.2, -0.15) is 0 Å². The van der Waals surface area contributed by atoms with Crippen molar-refractivity contribution >= 4 is 5.69 Å². The largest absolute Gasteiger partial charge is 0.508 e. The molecule has 1 heterocycles. The van der Waals surface area contributed by atoms with E-state index in [-0.39, 0.29) is 0 Å². The van der Waals surface area contributed by atoms with Crippen LogP contribution in [-0.4, -0.2) is 31.4 Å². The number of ether oxygens (including phenoxy) is 1. The van der Waals surface area contributed by atoms with Gasteiger partial charge in [0.15, 0.2) is 0 Å². The van der Waals surface area contributed by atoms with Crippen molar-refractivity contribution in [2.45, 2.75) is 26.7 Å². The van der Waals surface area contributed by atoms with Crippen LogP contribution in [0.1, 0.15) is 30.9 Å². The van der Waals surface area contributed by atoms with Gasteiger partial charge in [0, 0.05) is 18.8 Å². The SMILES string of the molecule is Cc1cc(O)c(C(C)C)cc1N1CCOCC1. The van der Waals surface area contributed by atoms with Gasteiger partial charge in [-0.3, -0.25) is 0 Å². The van der Waals surface area contributed by atoms with Gasteiger partial charge >= 0.3 is 0 Å². The summed E-state index contributed by atoms with van der Waals surface area (Å²) in [4.78, 5) is 2.34. The lowest BCUT2D eigenvalue weighted by Gasteiger charge is -2.31. The fourth-order valence-electron chi connectivity index (χ4n) is 2.30. The van der Waals surface area contributed by atoms with Crippen LogP contribution in [0.15, 0.2) is 12.1 Å². The minimum atomic E-state index is 0.343. The van der Waals surface area contributed by atoms with Crippen LogP contribution in [0.4, 0.5) is 5.69 Å². The Hall–Kier alpha value is -1.22. The molecule has 1 fully saturated rings. The standard InChI is InChI=1S/C14H21NO2/c1-10(2)12-9-13(11(3)8-14(12)16)15-4-6-17-7-5-15/h8-10,16H,4-7H2,1-3H3. The molecular formula is C14H21NO2. The Labute approximate surface area is 103 Å². The van der Waals surface area contributed by atoms with Crippen LogP contribution < -0.4 is 4.90 Å². The van der Waals surface area contributed by atoms with E-state index in [0.717, 1.165) is 37.4 Å². The van der Waals surface area contributed by atoms with Gasteiger partial charge in [0.2, 0.25) is 0 Å². The first-order valence-electron chi connectivity index (χ1n) is 6.26. The zero-order valence-corrected chi connectivity index (χ0v) is 10.9. The van der Waals surface area contributed by atoms with E-state index in [1.165, 1.54) is 5.69 Å². The zero-order valence-electron chi connectivity index (χ0n) is 10.9. The van der Waals surface area contributed by atoms with Crippen molar-refractivity contribution in [2.75, 3.05) is 31.2 Å². The topological polar surface area (TPSA) is 32.7 Å². The Balaban J connectivity index is 2.35. The molecule has 1 aliphatic heterocycles. The van der Waals surface area contributed by atoms with Gasteiger partial charge in [-0.05, 0) is 36.1 Å². The van der Waals surface area contributed by atoms with Crippen molar-refractivity contribution in [1.82, 2.24) is 0 Å². The van der Waals surface area contributed by atoms with Crippen LogP contribution in [0.2, 0.25) is 0 Å². The molecule has 0 saturated carbocycles. The summed E-state index contributed by atoms with van der Waals surface area (Å²) in [6.07, 6.45) is 0. The highest BCUT2D eigenvalue weighted by Crippen LogP contribution is 2.33. The minimum Gasteiger partial charge on any atom is -0.508 e. The Bertz CT molecular complexity index is 395. The van der Waals surface area contributed by atoms with Crippen LogP contribution >= 0.6 is 0 Å². The molecule has 1 N–H and O–H groups in total. The molecule has 1 aromatic carbocycles. The molecule has 0 aliphatic carbocycles. The van der Waals surface area contributed by atoms with E-state index < -0.39 is 0 Å². The maximum absolute atomic E-state index is 9.94. The molecular weight excluding hydrogens is 214 g/mol. The highest BCUT2D eigenvalue weighted by atomic mass is 16.5. The number of rotatable bonds is 2. The highest BCUT2D eigenvalue weighted by molar-refractivity contribution is 5.59. The number of hydrogen-bond donors (Lipinski definition) is 1. The second kappa shape index (κ2) is 4.96. The molecule has 2 rings (SSSR count). The third-order valence-corrected chi connectivity index (χ3v) is 3.32. The first kappa shape index (κ1) is 12.2. The summed E-state index contributed by atoms with van der Waals surface area (Å²) in [5, 5.41) is 9.94. The lowest BCUT2D eigenvalue weighted by molar-refractivity contribution is 0.122. The van der Waals surface area contributed by atoms with Crippen LogP contribution in [0, 0.1) is 6.92 Å². The number of hydrogen-bond acceptors (Lipinski definition) is 3. The van der Waals surface area contributed by atoms with Crippen molar-refractivity contribution in [2.24, 2.45) is 0 Å². The Morgan fingerprint density at radius 3 is 2.47 bits per heavy atom. The third kappa shape index (κ3) is 2.55. The van der Waals surface area contributed by atoms with Crippen molar-refractivity contribution in [1.29, 1.82) is 0 Å². The fraction of sp³-hybridized carbons (Fsp3) is 0.571. The molecule has 0 bridgehead atoms. The Kier molecular flexibility index (Phi) is 3.57. The molecule has 94 valence electrons. The maximum atomic E-state index is 9.94. The maximum Gasteiger partial charge on any atom is 0.119 e. The molecule has 1 aromatic rings. The summed E-state index contributed by atoms with van der Waals surface area (Å²) in [7, 11) is 0. The molecule has 0 aromatic heterocycles. The van der Waals surface area contributed by atoms with Gasteiger partial charge in [0.25, 0.3) is 0 Å². The van der Waals surface area contributed by atoms with Gasteiger partial charge in [-0.15, -0.1) is 0 Å². The molecule has 17 heavy (non-hydrogen) atoms. The monoisotopic (exact) mass is 235 g/mol. The summed E-state index contributed by atoms with van der Waals surface area (Å²) in [5.74, 6) is 0.755. The van der Waals surface area contributed by atoms with Crippen LogP contribution in [0.3, 0.4) is 0 Å².